The van der Waals surface area contributed by atoms with Crippen molar-refractivity contribution in [2.75, 3.05) is 6.61 Å². The van der Waals surface area contributed by atoms with E-state index in [2.05, 4.69) is 0 Å². The number of carbonyl (C=O) groups excluding carboxylic acids is 1. The van der Waals surface area contributed by atoms with Gasteiger partial charge in [-0.15, -0.1) is 0 Å². The monoisotopic (exact) mass is 571 g/mol. The minimum atomic E-state index is -5.19. The summed E-state index contributed by atoms with van der Waals surface area (Å²) in [6.45, 7) is 3.38. The number of esters is 1. The summed E-state index contributed by atoms with van der Waals surface area (Å²) < 4.78 is 73.1. The Morgan fingerprint density at radius 3 is 2.37 bits per heavy atom. The molecule has 0 amide bonds. The van der Waals surface area contributed by atoms with E-state index in [0.717, 1.165) is 18.5 Å². The van der Waals surface area contributed by atoms with Crippen molar-refractivity contribution in [2.24, 2.45) is 7.05 Å². The summed E-state index contributed by atoms with van der Waals surface area (Å²) in [5, 5.41) is 10.8. The van der Waals surface area contributed by atoms with Crippen LogP contribution < -0.4 is 20.7 Å². The van der Waals surface area contributed by atoms with Crippen molar-refractivity contribution in [3.05, 3.63) is 86.4 Å². The van der Waals surface area contributed by atoms with Crippen LogP contribution >= 0.6 is 0 Å². The standard InChI is InChI=1S/C28H21F4N3O6/c1-4-39-26(37)14(2)40-18-7-5-15-6-8-19(10-16(15)9-18)41-22-12-20(21(29)11-17(22)13-33)23-24(28(30,31)32)35(3)27(38)34-25(23)36/h5-12,14H,4H2,1-3H3,(H,34,36,38). The van der Waals surface area contributed by atoms with E-state index in [1.54, 1.807) is 42.2 Å². The molecular weight excluding hydrogens is 550 g/mol. The number of rotatable bonds is 7. The Bertz CT molecular complexity index is 1820. The maximum atomic E-state index is 15.0. The zero-order chi connectivity index (χ0) is 30.1. The molecule has 4 rings (SSSR count). The minimum Gasteiger partial charge on any atom is -0.479 e. The number of hydrogen-bond donors (Lipinski definition) is 1. The van der Waals surface area contributed by atoms with Crippen LogP contribution in [-0.2, 0) is 22.8 Å². The zero-order valence-corrected chi connectivity index (χ0v) is 21.8. The lowest BCUT2D eigenvalue weighted by Gasteiger charge is -2.17. The molecule has 1 unspecified atom stereocenters. The quantitative estimate of drug-likeness (QED) is 0.243. The van der Waals surface area contributed by atoms with Gasteiger partial charge in [-0.05, 0) is 61.0 Å². The number of carbonyl (C=O) groups is 1. The van der Waals surface area contributed by atoms with Gasteiger partial charge in [-0.3, -0.25) is 14.3 Å². The molecule has 1 atom stereocenters. The van der Waals surface area contributed by atoms with Crippen molar-refractivity contribution in [1.29, 1.82) is 5.26 Å². The molecule has 212 valence electrons. The third-order valence-corrected chi connectivity index (χ3v) is 5.99. The average Bonchev–Trinajstić information content (AvgIpc) is 2.90. The first kappa shape index (κ1) is 28.9. The predicted molar refractivity (Wildman–Crippen MR) is 138 cm³/mol. The van der Waals surface area contributed by atoms with Crippen LogP contribution in [0, 0.1) is 17.1 Å². The summed E-state index contributed by atoms with van der Waals surface area (Å²) in [5.74, 6) is -1.74. The first-order chi connectivity index (χ1) is 19.3. The van der Waals surface area contributed by atoms with Crippen molar-refractivity contribution in [3.63, 3.8) is 0 Å². The van der Waals surface area contributed by atoms with Gasteiger partial charge in [0.25, 0.3) is 5.56 Å². The molecule has 4 aromatic rings. The second-order valence-corrected chi connectivity index (χ2v) is 8.76. The molecular formula is C28H21F4N3O6. The maximum absolute atomic E-state index is 15.0. The van der Waals surface area contributed by atoms with Gasteiger partial charge in [-0.2, -0.15) is 18.4 Å². The van der Waals surface area contributed by atoms with Crippen LogP contribution in [0.5, 0.6) is 17.2 Å². The molecule has 0 aliphatic carbocycles. The Hall–Kier alpha value is -5.12. The number of alkyl halides is 3. The van der Waals surface area contributed by atoms with Gasteiger partial charge in [0.1, 0.15) is 34.8 Å². The molecule has 3 aromatic carbocycles. The fourth-order valence-corrected chi connectivity index (χ4v) is 4.10. The highest BCUT2D eigenvalue weighted by Crippen LogP contribution is 2.38. The van der Waals surface area contributed by atoms with Crippen molar-refractivity contribution in [2.45, 2.75) is 26.1 Å². The molecule has 0 saturated carbocycles. The Kier molecular flexibility index (Phi) is 7.86. The highest BCUT2D eigenvalue weighted by molar-refractivity contribution is 5.85. The molecule has 0 aliphatic rings. The van der Waals surface area contributed by atoms with Crippen LogP contribution in [0.25, 0.3) is 21.9 Å². The number of hydrogen-bond acceptors (Lipinski definition) is 7. The molecule has 0 radical (unpaired) electrons. The van der Waals surface area contributed by atoms with Crippen molar-refractivity contribution < 1.29 is 36.6 Å². The van der Waals surface area contributed by atoms with Crippen LogP contribution in [0.15, 0.2) is 58.1 Å². The first-order valence-corrected chi connectivity index (χ1v) is 12.0. The summed E-state index contributed by atoms with van der Waals surface area (Å²) in [6.07, 6.45) is -6.08. The fourth-order valence-electron chi connectivity index (χ4n) is 4.10. The van der Waals surface area contributed by atoms with Gasteiger partial charge in [0.05, 0.1) is 17.7 Å². The van der Waals surface area contributed by atoms with E-state index in [1.807, 2.05) is 0 Å². The van der Waals surface area contributed by atoms with E-state index in [-0.39, 0.29) is 28.2 Å². The zero-order valence-electron chi connectivity index (χ0n) is 21.8. The molecule has 9 nitrogen and oxygen atoms in total. The maximum Gasteiger partial charge on any atom is 0.432 e. The van der Waals surface area contributed by atoms with E-state index in [0.29, 0.717) is 17.2 Å². The minimum absolute atomic E-state index is 0.118. The number of halogens is 4. The second-order valence-electron chi connectivity index (χ2n) is 8.76. The smallest absolute Gasteiger partial charge is 0.432 e. The molecule has 1 N–H and O–H groups in total. The highest BCUT2D eigenvalue weighted by Gasteiger charge is 2.39. The summed E-state index contributed by atoms with van der Waals surface area (Å²) >= 11 is 0. The Morgan fingerprint density at radius 2 is 1.73 bits per heavy atom. The number of H-pyrrole nitrogens is 1. The Labute approximate surface area is 229 Å². The number of nitrogens with zero attached hydrogens (tertiary/aromatic N) is 2. The van der Waals surface area contributed by atoms with E-state index >= 15 is 4.39 Å². The third kappa shape index (κ3) is 5.91. The normalized spacial score (nSPS) is 12.0. The SMILES string of the molecule is CCOC(=O)C(C)Oc1ccc2ccc(Oc3cc(-c4c(C(F)(F)F)n(C)c(=O)[nH]c4=O)c(F)cc3C#N)cc2c1. The molecule has 0 bridgehead atoms. The topological polar surface area (TPSA) is 123 Å². The van der Waals surface area contributed by atoms with Crippen LogP contribution in [-0.4, -0.2) is 28.2 Å². The molecule has 0 fully saturated rings. The number of nitriles is 1. The highest BCUT2D eigenvalue weighted by atomic mass is 19.4. The van der Waals surface area contributed by atoms with Crippen LogP contribution in [0.3, 0.4) is 0 Å². The molecule has 1 aromatic heterocycles. The van der Waals surface area contributed by atoms with Crippen molar-refractivity contribution >= 4 is 16.7 Å². The molecule has 0 spiro atoms. The third-order valence-electron chi connectivity index (χ3n) is 5.99. The van der Waals surface area contributed by atoms with E-state index in [1.165, 1.54) is 19.1 Å². The number of ether oxygens (including phenoxy) is 3. The van der Waals surface area contributed by atoms with Gasteiger partial charge < -0.3 is 14.2 Å². The first-order valence-electron chi connectivity index (χ1n) is 12.0. The lowest BCUT2D eigenvalue weighted by molar-refractivity contribution is -0.150. The molecule has 0 saturated heterocycles. The summed E-state index contributed by atoms with van der Waals surface area (Å²) in [6, 6.07) is 12.8. The van der Waals surface area contributed by atoms with Gasteiger partial charge in [-0.1, -0.05) is 12.1 Å². The Balaban J connectivity index is 1.78. The summed E-state index contributed by atoms with van der Waals surface area (Å²) in [7, 11) is 0.782. The van der Waals surface area contributed by atoms with E-state index in [4.69, 9.17) is 14.2 Å². The van der Waals surface area contributed by atoms with Crippen molar-refractivity contribution in [1.82, 2.24) is 9.55 Å². The number of aromatic amines is 1. The van der Waals surface area contributed by atoms with Crippen LogP contribution in [0.2, 0.25) is 0 Å². The number of fused-ring (bicyclic) bond motifs is 1. The largest absolute Gasteiger partial charge is 0.479 e. The van der Waals surface area contributed by atoms with Gasteiger partial charge >= 0.3 is 17.8 Å². The van der Waals surface area contributed by atoms with Gasteiger partial charge in [-0.25, -0.2) is 14.0 Å². The van der Waals surface area contributed by atoms with Gasteiger partial charge in [0.2, 0.25) is 0 Å². The van der Waals surface area contributed by atoms with E-state index < -0.39 is 52.1 Å². The average molecular weight is 571 g/mol. The van der Waals surface area contributed by atoms with Crippen molar-refractivity contribution in [3.8, 4) is 34.4 Å². The molecule has 41 heavy (non-hydrogen) atoms. The summed E-state index contributed by atoms with van der Waals surface area (Å²) in [5.41, 5.74) is -6.81. The fraction of sp³-hybridized carbons (Fsp3) is 0.214. The van der Waals surface area contributed by atoms with Gasteiger partial charge in [0, 0.05) is 12.6 Å². The lowest BCUT2D eigenvalue weighted by atomic mass is 10.0. The van der Waals surface area contributed by atoms with Crippen LogP contribution in [0.1, 0.15) is 25.1 Å². The van der Waals surface area contributed by atoms with Gasteiger partial charge in [0.15, 0.2) is 6.10 Å². The van der Waals surface area contributed by atoms with Crippen LogP contribution in [0.4, 0.5) is 17.6 Å². The summed E-state index contributed by atoms with van der Waals surface area (Å²) in [4.78, 5) is 38.0. The molecule has 0 aliphatic heterocycles. The number of benzene rings is 3. The predicted octanol–water partition coefficient (Wildman–Crippen LogP) is 5.05. The lowest BCUT2D eigenvalue weighted by Crippen LogP contribution is -2.35. The number of nitrogens with one attached hydrogen (secondary N) is 1. The molecule has 1 heterocycles. The molecule has 13 heteroatoms. The Morgan fingerprint density at radius 1 is 1.07 bits per heavy atom. The van der Waals surface area contributed by atoms with E-state index in [9.17, 15) is 32.8 Å². The second kappa shape index (κ2) is 11.2. The number of aromatic nitrogens is 2.